The lowest BCUT2D eigenvalue weighted by molar-refractivity contribution is 0.347. The molecule has 0 aromatic heterocycles. The molecule has 0 spiro atoms. The highest BCUT2D eigenvalue weighted by atomic mass is 32.1. The van der Waals surface area contributed by atoms with Crippen LogP contribution in [0, 0.1) is 0 Å². The van der Waals surface area contributed by atoms with Crippen molar-refractivity contribution in [2.45, 2.75) is 6.54 Å². The summed E-state index contributed by atoms with van der Waals surface area (Å²) >= 11 is 4.12. The number of nitrogens with zero attached hydrogens (tertiary/aromatic N) is 1. The predicted molar refractivity (Wildman–Crippen MR) is 64.4 cm³/mol. The first-order valence-electron chi connectivity index (χ1n) is 4.64. The Morgan fingerprint density at radius 3 is 2.33 bits per heavy atom. The van der Waals surface area contributed by atoms with E-state index in [2.05, 4.69) is 12.6 Å². The van der Waals surface area contributed by atoms with Crippen molar-refractivity contribution in [2.24, 2.45) is 0 Å². The van der Waals surface area contributed by atoms with Crippen molar-refractivity contribution in [1.82, 2.24) is 4.90 Å². The van der Waals surface area contributed by atoms with Gasteiger partial charge in [0.1, 0.15) is 17.2 Å². The van der Waals surface area contributed by atoms with Crippen LogP contribution in [0.3, 0.4) is 0 Å². The van der Waals surface area contributed by atoms with Gasteiger partial charge in [-0.25, -0.2) is 0 Å². The van der Waals surface area contributed by atoms with Gasteiger partial charge in [0.15, 0.2) is 0 Å². The lowest BCUT2D eigenvalue weighted by Crippen LogP contribution is -2.20. The quantitative estimate of drug-likeness (QED) is 0.353. The highest BCUT2D eigenvalue weighted by Gasteiger charge is 2.07. The first kappa shape index (κ1) is 12.0. The number of anilines is 1. The summed E-state index contributed by atoms with van der Waals surface area (Å²) in [6, 6.07) is 3.12. The van der Waals surface area contributed by atoms with Crippen LogP contribution in [-0.2, 0) is 6.54 Å². The smallest absolute Gasteiger partial charge is 0.142 e. The molecule has 0 fully saturated rings. The third-order valence-electron chi connectivity index (χ3n) is 2.13. The van der Waals surface area contributed by atoms with Gasteiger partial charge in [-0.2, -0.15) is 12.6 Å². The van der Waals surface area contributed by atoms with E-state index in [1.165, 1.54) is 0 Å². The fourth-order valence-electron chi connectivity index (χ4n) is 1.33. The Labute approximate surface area is 94.7 Å². The van der Waals surface area contributed by atoms with Gasteiger partial charge in [0.05, 0.1) is 0 Å². The molecule has 0 atom stereocenters. The fourth-order valence-corrected chi connectivity index (χ4v) is 1.67. The van der Waals surface area contributed by atoms with Crippen LogP contribution >= 0.6 is 12.6 Å². The first-order chi connectivity index (χ1) is 7.04. The minimum Gasteiger partial charge on any atom is -0.506 e. The fraction of sp³-hybridized carbons (Fsp3) is 0.400. The van der Waals surface area contributed by atoms with Gasteiger partial charge in [0, 0.05) is 18.8 Å². The van der Waals surface area contributed by atoms with Crippen LogP contribution in [0.25, 0.3) is 0 Å². The monoisotopic (exact) mass is 228 g/mol. The molecule has 0 unspecified atom stereocenters. The molecule has 0 aliphatic carbocycles. The van der Waals surface area contributed by atoms with Crippen molar-refractivity contribution in [1.29, 1.82) is 0 Å². The zero-order chi connectivity index (χ0) is 11.4. The van der Waals surface area contributed by atoms with E-state index in [9.17, 15) is 10.2 Å². The zero-order valence-electron chi connectivity index (χ0n) is 8.64. The van der Waals surface area contributed by atoms with Gasteiger partial charge in [0.25, 0.3) is 0 Å². The summed E-state index contributed by atoms with van der Waals surface area (Å²) in [7, 11) is 1.95. The normalized spacial score (nSPS) is 10.9. The van der Waals surface area contributed by atoms with E-state index in [1.807, 2.05) is 11.9 Å². The maximum absolute atomic E-state index is 9.41. The summed E-state index contributed by atoms with van der Waals surface area (Å²) in [5, 5.41) is 18.8. The molecule has 1 aromatic rings. The largest absolute Gasteiger partial charge is 0.506 e. The van der Waals surface area contributed by atoms with Gasteiger partial charge in [-0.3, -0.25) is 0 Å². The SMILES string of the molecule is CN(CCS)Cc1cc(O)c(N)c(O)c1. The van der Waals surface area contributed by atoms with E-state index in [0.29, 0.717) is 6.54 Å². The molecule has 0 heterocycles. The van der Waals surface area contributed by atoms with Crippen molar-refractivity contribution < 1.29 is 10.2 Å². The van der Waals surface area contributed by atoms with Crippen molar-refractivity contribution >= 4 is 18.3 Å². The Hall–Kier alpha value is -1.07. The summed E-state index contributed by atoms with van der Waals surface area (Å²) in [6.45, 7) is 1.48. The van der Waals surface area contributed by atoms with E-state index >= 15 is 0 Å². The van der Waals surface area contributed by atoms with Gasteiger partial charge < -0.3 is 20.8 Å². The molecule has 15 heavy (non-hydrogen) atoms. The third-order valence-corrected chi connectivity index (χ3v) is 2.33. The molecule has 0 aliphatic heterocycles. The summed E-state index contributed by atoms with van der Waals surface area (Å²) in [4.78, 5) is 2.04. The highest BCUT2D eigenvalue weighted by molar-refractivity contribution is 7.80. The van der Waals surface area contributed by atoms with Crippen LogP contribution < -0.4 is 5.73 Å². The summed E-state index contributed by atoms with van der Waals surface area (Å²) in [5.74, 6) is 0.609. The van der Waals surface area contributed by atoms with E-state index in [-0.39, 0.29) is 17.2 Å². The lowest BCUT2D eigenvalue weighted by atomic mass is 10.1. The highest BCUT2D eigenvalue weighted by Crippen LogP contribution is 2.31. The second kappa shape index (κ2) is 5.14. The van der Waals surface area contributed by atoms with Gasteiger partial charge in [-0.15, -0.1) is 0 Å². The van der Waals surface area contributed by atoms with Gasteiger partial charge in [-0.1, -0.05) is 0 Å². The van der Waals surface area contributed by atoms with Crippen LogP contribution in [0.4, 0.5) is 5.69 Å². The number of phenols is 2. The number of benzene rings is 1. The lowest BCUT2D eigenvalue weighted by Gasteiger charge is -2.16. The molecule has 84 valence electrons. The minimum absolute atomic E-state index is 0.0237. The summed E-state index contributed by atoms with van der Waals surface area (Å²) in [5.41, 5.74) is 6.26. The van der Waals surface area contributed by atoms with E-state index in [1.54, 1.807) is 12.1 Å². The predicted octanol–water partition coefficient (Wildman–Crippen LogP) is 1.04. The molecule has 0 radical (unpaired) electrons. The molecule has 0 saturated heterocycles. The molecule has 4 nitrogen and oxygen atoms in total. The number of hydrogen-bond donors (Lipinski definition) is 4. The maximum Gasteiger partial charge on any atom is 0.142 e. The Morgan fingerprint density at radius 1 is 1.33 bits per heavy atom. The molecule has 1 aromatic carbocycles. The average Bonchev–Trinajstić information content (AvgIpc) is 2.14. The Bertz CT molecular complexity index is 321. The van der Waals surface area contributed by atoms with Crippen LogP contribution in [-0.4, -0.2) is 34.5 Å². The van der Waals surface area contributed by atoms with E-state index in [0.717, 1.165) is 17.9 Å². The topological polar surface area (TPSA) is 69.7 Å². The van der Waals surface area contributed by atoms with E-state index in [4.69, 9.17) is 5.73 Å². The number of hydrogen-bond acceptors (Lipinski definition) is 5. The van der Waals surface area contributed by atoms with Crippen molar-refractivity contribution in [3.05, 3.63) is 17.7 Å². The molecule has 4 N–H and O–H groups in total. The zero-order valence-corrected chi connectivity index (χ0v) is 9.54. The summed E-state index contributed by atoms with van der Waals surface area (Å²) < 4.78 is 0. The number of aromatic hydroxyl groups is 2. The van der Waals surface area contributed by atoms with Crippen LogP contribution in [0.5, 0.6) is 11.5 Å². The number of nitrogens with two attached hydrogens (primary N) is 1. The molecule has 0 bridgehead atoms. The van der Waals surface area contributed by atoms with E-state index < -0.39 is 0 Å². The molecule has 5 heteroatoms. The maximum atomic E-state index is 9.41. The summed E-state index contributed by atoms with van der Waals surface area (Å²) in [6.07, 6.45) is 0. The number of rotatable bonds is 4. The van der Waals surface area contributed by atoms with Gasteiger partial charge in [0.2, 0.25) is 0 Å². The standard InChI is InChI=1S/C10H16N2O2S/c1-12(2-3-15)6-7-4-8(13)10(11)9(14)5-7/h4-5,13-15H,2-3,6,11H2,1H3. The molecule has 1 rings (SSSR count). The second-order valence-corrected chi connectivity index (χ2v) is 3.96. The Morgan fingerprint density at radius 2 is 1.87 bits per heavy atom. The van der Waals surface area contributed by atoms with Crippen molar-refractivity contribution in [2.75, 3.05) is 25.1 Å². The van der Waals surface area contributed by atoms with Crippen molar-refractivity contribution in [3.8, 4) is 11.5 Å². The molecular weight excluding hydrogens is 212 g/mol. The minimum atomic E-state index is -0.0794. The number of thiol groups is 1. The third kappa shape index (κ3) is 3.21. The Kier molecular flexibility index (Phi) is 4.11. The van der Waals surface area contributed by atoms with Crippen LogP contribution in [0.2, 0.25) is 0 Å². The van der Waals surface area contributed by atoms with Crippen LogP contribution in [0.15, 0.2) is 12.1 Å². The molecule has 0 aliphatic rings. The second-order valence-electron chi connectivity index (χ2n) is 3.51. The van der Waals surface area contributed by atoms with Gasteiger partial charge >= 0.3 is 0 Å². The first-order valence-corrected chi connectivity index (χ1v) is 5.27. The number of nitrogen functional groups attached to an aromatic ring is 1. The number of phenolic OH excluding ortho intramolecular Hbond substituents is 2. The van der Waals surface area contributed by atoms with Gasteiger partial charge in [-0.05, 0) is 24.7 Å². The molecular formula is C10H16N2O2S. The molecule has 0 saturated carbocycles. The average molecular weight is 228 g/mol. The van der Waals surface area contributed by atoms with Crippen LogP contribution in [0.1, 0.15) is 5.56 Å². The van der Waals surface area contributed by atoms with Crippen molar-refractivity contribution in [3.63, 3.8) is 0 Å². The molecule has 0 amide bonds. The Balaban J connectivity index is 2.78.